The number of carbonyl (C=O) groups excluding carboxylic acids is 2. The van der Waals surface area contributed by atoms with E-state index in [2.05, 4.69) is 26.1 Å². The lowest BCUT2D eigenvalue weighted by molar-refractivity contribution is -0.199. The second-order valence-corrected chi connectivity index (χ2v) is 10.6. The van der Waals surface area contributed by atoms with Gasteiger partial charge in [-0.25, -0.2) is 0 Å². The highest BCUT2D eigenvalue weighted by Gasteiger charge is 2.69. The summed E-state index contributed by atoms with van der Waals surface area (Å²) in [5.41, 5.74) is 0.583. The summed E-state index contributed by atoms with van der Waals surface area (Å²) >= 11 is 0. The highest BCUT2D eigenvalue weighted by Crippen LogP contribution is 2.65. The Bertz CT molecular complexity index is 878. The van der Waals surface area contributed by atoms with Gasteiger partial charge in [0, 0.05) is 12.1 Å². The van der Waals surface area contributed by atoms with Crippen LogP contribution in [0.5, 0.6) is 0 Å². The fraction of sp³-hybridized carbons (Fsp3) is 0.667. The van der Waals surface area contributed by atoms with Crippen LogP contribution in [-0.4, -0.2) is 54.1 Å². The summed E-state index contributed by atoms with van der Waals surface area (Å²) in [6.45, 7) is 9.35. The topological polar surface area (TPSA) is 67.9 Å². The monoisotopic (exact) mass is 424 g/mol. The molecule has 2 aliphatic heterocycles. The van der Waals surface area contributed by atoms with Gasteiger partial charge in [0.2, 0.25) is 5.91 Å². The Morgan fingerprint density at radius 3 is 2.65 bits per heavy atom. The largest absolute Gasteiger partial charge is 0.481 e. The van der Waals surface area contributed by atoms with Crippen LogP contribution in [0, 0.1) is 17.3 Å². The maximum Gasteiger partial charge on any atom is 0.481 e. The number of hydrogen-bond donors (Lipinski definition) is 1. The van der Waals surface area contributed by atoms with Gasteiger partial charge in [0.05, 0.1) is 17.6 Å². The first-order valence-corrected chi connectivity index (χ1v) is 11.7. The average molecular weight is 424 g/mol. The van der Waals surface area contributed by atoms with Crippen LogP contribution in [0.25, 0.3) is 0 Å². The Hall–Kier alpha value is -1.86. The van der Waals surface area contributed by atoms with E-state index in [1.807, 2.05) is 23.1 Å². The molecule has 0 spiro atoms. The van der Waals surface area contributed by atoms with E-state index in [4.69, 9.17) is 9.31 Å². The molecule has 0 radical (unpaired) electrons. The fourth-order valence-electron chi connectivity index (χ4n) is 6.59. The summed E-state index contributed by atoms with van der Waals surface area (Å²) in [5, 5.41) is 2.85. The van der Waals surface area contributed by atoms with Crippen molar-refractivity contribution in [1.29, 1.82) is 0 Å². The molecule has 1 aromatic carbocycles. The van der Waals surface area contributed by atoms with Gasteiger partial charge in [-0.1, -0.05) is 32.0 Å². The number of carbonyl (C=O) groups is 2. The zero-order valence-corrected chi connectivity index (χ0v) is 19.0. The summed E-state index contributed by atoms with van der Waals surface area (Å²) in [7, 11) is -0.381. The van der Waals surface area contributed by atoms with E-state index in [0.29, 0.717) is 29.4 Å². The van der Waals surface area contributed by atoms with Crippen LogP contribution in [0.3, 0.4) is 0 Å². The fourth-order valence-corrected chi connectivity index (χ4v) is 6.59. The molecule has 31 heavy (non-hydrogen) atoms. The molecule has 2 heterocycles. The number of rotatable bonds is 4. The molecule has 6 rings (SSSR count). The van der Waals surface area contributed by atoms with E-state index in [-0.39, 0.29) is 36.6 Å². The Balaban J connectivity index is 1.26. The smallest absolute Gasteiger partial charge is 0.404 e. The SMILES string of the molecule is C[C@@H](NC(=O)c1ccccc1)C(=O)N1CCC[C@H]1B1OC2C[C@@H]3C[C@@H](C3(C)C)[C@]2(C)O1. The predicted molar refractivity (Wildman–Crippen MR) is 118 cm³/mol. The first-order valence-electron chi connectivity index (χ1n) is 11.7. The van der Waals surface area contributed by atoms with Crippen LogP contribution in [0.4, 0.5) is 0 Å². The second-order valence-electron chi connectivity index (χ2n) is 10.6. The molecule has 2 bridgehead atoms. The van der Waals surface area contributed by atoms with Gasteiger partial charge in [-0.15, -0.1) is 0 Å². The van der Waals surface area contributed by atoms with E-state index in [9.17, 15) is 9.59 Å². The van der Waals surface area contributed by atoms with Gasteiger partial charge in [-0.2, -0.15) is 0 Å². The van der Waals surface area contributed by atoms with Crippen molar-refractivity contribution < 1.29 is 18.9 Å². The molecule has 2 amide bonds. The third kappa shape index (κ3) is 3.23. The van der Waals surface area contributed by atoms with Crippen LogP contribution >= 0.6 is 0 Å². The molecule has 6 atom stereocenters. The third-order valence-corrected chi connectivity index (χ3v) is 8.62. The molecule has 1 N–H and O–H groups in total. The predicted octanol–water partition coefficient (Wildman–Crippen LogP) is 3.06. The average Bonchev–Trinajstić information content (AvgIpc) is 3.37. The lowest BCUT2D eigenvalue weighted by atomic mass is 9.43. The van der Waals surface area contributed by atoms with Gasteiger partial charge in [0.25, 0.3) is 5.91 Å². The zero-order chi connectivity index (χ0) is 22.0. The Morgan fingerprint density at radius 1 is 1.19 bits per heavy atom. The van der Waals surface area contributed by atoms with E-state index >= 15 is 0 Å². The molecule has 7 heteroatoms. The van der Waals surface area contributed by atoms with Crippen molar-refractivity contribution in [3.8, 4) is 0 Å². The van der Waals surface area contributed by atoms with Crippen molar-refractivity contribution in [2.45, 2.75) is 77.1 Å². The number of amides is 2. The van der Waals surface area contributed by atoms with Crippen LogP contribution in [0.15, 0.2) is 30.3 Å². The van der Waals surface area contributed by atoms with Gasteiger partial charge in [0.1, 0.15) is 6.04 Å². The van der Waals surface area contributed by atoms with Crippen LogP contribution in [-0.2, 0) is 14.1 Å². The van der Waals surface area contributed by atoms with Crippen LogP contribution in [0.1, 0.15) is 63.7 Å². The Kier molecular flexibility index (Phi) is 4.98. The maximum absolute atomic E-state index is 13.2. The molecule has 166 valence electrons. The minimum Gasteiger partial charge on any atom is -0.404 e. The second kappa shape index (κ2) is 7.34. The van der Waals surface area contributed by atoms with Gasteiger partial charge >= 0.3 is 7.12 Å². The van der Waals surface area contributed by atoms with Crippen molar-refractivity contribution in [2.24, 2.45) is 17.3 Å². The third-order valence-electron chi connectivity index (χ3n) is 8.62. The first-order chi connectivity index (χ1) is 14.7. The molecule has 1 unspecified atom stereocenters. The van der Waals surface area contributed by atoms with Crippen LogP contribution in [0.2, 0.25) is 0 Å². The molecule has 0 aromatic heterocycles. The van der Waals surface area contributed by atoms with Crippen molar-refractivity contribution in [3.05, 3.63) is 35.9 Å². The minimum absolute atomic E-state index is 0.0661. The van der Waals surface area contributed by atoms with Crippen molar-refractivity contribution in [3.63, 3.8) is 0 Å². The molecule has 6 nitrogen and oxygen atoms in total. The lowest BCUT2D eigenvalue weighted by Crippen LogP contribution is -2.65. The summed E-state index contributed by atoms with van der Waals surface area (Å²) in [6.07, 6.45) is 4.17. The standard InChI is InChI=1S/C24H33BN2O4/c1-15(26-21(28)16-9-6-5-7-10-16)22(29)27-12-8-11-20(27)25-30-19-14-17-13-18(23(17,2)3)24(19,4)31-25/h5-7,9-10,15,17-20H,8,11-14H2,1-4H3,(H,26,28)/t15-,17+,18+,19?,20+,24+/m1/s1. The number of benzene rings is 1. The number of hydrogen-bond acceptors (Lipinski definition) is 4. The number of likely N-dealkylation sites (tertiary alicyclic amines) is 1. The number of nitrogens with one attached hydrogen (secondary N) is 1. The zero-order valence-electron chi connectivity index (χ0n) is 19.0. The Morgan fingerprint density at radius 2 is 1.94 bits per heavy atom. The summed E-state index contributed by atoms with van der Waals surface area (Å²) in [4.78, 5) is 27.6. The highest BCUT2D eigenvalue weighted by atomic mass is 16.7. The molecule has 1 aromatic rings. The quantitative estimate of drug-likeness (QED) is 0.755. The highest BCUT2D eigenvalue weighted by molar-refractivity contribution is 6.48. The van der Waals surface area contributed by atoms with Gasteiger partial charge in [-0.05, 0) is 68.9 Å². The summed E-state index contributed by atoms with van der Waals surface area (Å²) in [5.74, 6) is 0.817. The molecule has 5 fully saturated rings. The molecule has 2 saturated heterocycles. The van der Waals surface area contributed by atoms with Crippen molar-refractivity contribution >= 4 is 18.9 Å². The molecular formula is C24H33BN2O4. The van der Waals surface area contributed by atoms with Gasteiger partial charge < -0.3 is 19.5 Å². The lowest BCUT2D eigenvalue weighted by Gasteiger charge is -2.64. The van der Waals surface area contributed by atoms with Gasteiger partial charge in [0.15, 0.2) is 0 Å². The molecule has 3 aliphatic carbocycles. The van der Waals surface area contributed by atoms with Crippen molar-refractivity contribution in [2.75, 3.05) is 6.54 Å². The molecular weight excluding hydrogens is 391 g/mol. The normalized spacial score (nSPS) is 36.5. The summed E-state index contributed by atoms with van der Waals surface area (Å²) in [6, 6.07) is 8.40. The summed E-state index contributed by atoms with van der Waals surface area (Å²) < 4.78 is 13.1. The van der Waals surface area contributed by atoms with E-state index in [0.717, 1.165) is 19.3 Å². The first kappa shape index (κ1) is 21.0. The van der Waals surface area contributed by atoms with Crippen LogP contribution < -0.4 is 5.32 Å². The van der Waals surface area contributed by atoms with E-state index in [1.54, 1.807) is 19.1 Å². The number of nitrogens with zero attached hydrogens (tertiary/aromatic N) is 1. The van der Waals surface area contributed by atoms with E-state index < -0.39 is 6.04 Å². The van der Waals surface area contributed by atoms with E-state index in [1.165, 1.54) is 6.42 Å². The Labute approximate surface area is 185 Å². The maximum atomic E-state index is 13.2. The molecule has 3 saturated carbocycles. The van der Waals surface area contributed by atoms with Gasteiger partial charge in [-0.3, -0.25) is 9.59 Å². The minimum atomic E-state index is -0.598. The van der Waals surface area contributed by atoms with Crippen molar-refractivity contribution in [1.82, 2.24) is 10.2 Å². The molecule has 5 aliphatic rings.